The molecule has 0 N–H and O–H groups in total. The van der Waals surface area contributed by atoms with Crippen LogP contribution in [0.5, 0.6) is 0 Å². The summed E-state index contributed by atoms with van der Waals surface area (Å²) in [5.41, 5.74) is 0. The van der Waals surface area contributed by atoms with E-state index in [1.807, 2.05) is 0 Å². The van der Waals surface area contributed by atoms with Crippen molar-refractivity contribution >= 4 is 17.4 Å². The minimum Gasteiger partial charge on any atom is -0.257 e. The number of hydrogen-bond donors (Lipinski definition) is 0. The maximum atomic E-state index is 5.62. The van der Waals surface area contributed by atoms with Crippen LogP contribution in [-0.2, 0) is 0 Å². The van der Waals surface area contributed by atoms with Gasteiger partial charge in [0.05, 0.1) is 0 Å². The van der Waals surface area contributed by atoms with Crippen LogP contribution in [0.2, 0.25) is 5.28 Å². The summed E-state index contributed by atoms with van der Waals surface area (Å²) < 4.78 is 1.60. The highest BCUT2D eigenvalue weighted by atomic mass is 35.5. The topological polar surface area (TPSA) is 43.1 Å². The van der Waals surface area contributed by atoms with Gasteiger partial charge in [0.2, 0.25) is 5.28 Å². The van der Waals surface area contributed by atoms with E-state index in [-0.39, 0.29) is 0 Å². The summed E-state index contributed by atoms with van der Waals surface area (Å²) in [6.07, 6.45) is 3.39. The van der Waals surface area contributed by atoms with Crippen molar-refractivity contribution in [3.63, 3.8) is 0 Å². The van der Waals surface area contributed by atoms with E-state index < -0.39 is 0 Å². The summed E-state index contributed by atoms with van der Waals surface area (Å²) in [6.45, 7) is 0. The molecular formula is C5H3ClN4. The van der Waals surface area contributed by atoms with E-state index in [9.17, 15) is 0 Å². The molecule has 0 unspecified atom stereocenters. The monoisotopic (exact) mass is 154 g/mol. The Balaban J connectivity index is 2.93. The Hall–Kier alpha value is -1.16. The van der Waals surface area contributed by atoms with Crippen LogP contribution in [0, 0.1) is 0 Å². The van der Waals surface area contributed by atoms with Gasteiger partial charge in [0.1, 0.15) is 0 Å². The van der Waals surface area contributed by atoms with Gasteiger partial charge >= 0.3 is 0 Å². The third-order valence-corrected chi connectivity index (χ3v) is 1.41. The Labute approximate surface area is 61.5 Å². The lowest BCUT2D eigenvalue weighted by Crippen LogP contribution is -1.84. The number of halogens is 1. The molecule has 2 rings (SSSR count). The van der Waals surface area contributed by atoms with E-state index in [1.165, 1.54) is 0 Å². The van der Waals surface area contributed by atoms with Crippen molar-refractivity contribution in [2.75, 3.05) is 0 Å². The molecular weight excluding hydrogens is 152 g/mol. The van der Waals surface area contributed by atoms with Crippen molar-refractivity contribution < 1.29 is 0 Å². The molecule has 50 valence electrons. The molecule has 0 radical (unpaired) electrons. The average Bonchev–Trinajstić information content (AvgIpc) is 2.34. The Morgan fingerprint density at radius 1 is 1.40 bits per heavy atom. The second kappa shape index (κ2) is 1.91. The summed E-state index contributed by atoms with van der Waals surface area (Å²) in [4.78, 5) is 3.91. The molecule has 0 aliphatic carbocycles. The number of nitrogens with zero attached hydrogens (tertiary/aromatic N) is 4. The molecule has 2 aromatic rings. The Bertz CT molecular complexity index is 355. The highest BCUT2D eigenvalue weighted by Gasteiger charge is 1.98. The summed E-state index contributed by atoms with van der Waals surface area (Å²) in [6, 6.07) is 1.77. The fraction of sp³-hybridized carbons (Fsp3) is 0. The molecule has 10 heavy (non-hydrogen) atoms. The molecule has 0 spiro atoms. The predicted molar refractivity (Wildman–Crippen MR) is 35.8 cm³/mol. The number of fused-ring (bicyclic) bond motifs is 1. The first kappa shape index (κ1) is 5.61. The minimum atomic E-state index is 0.336. The first-order valence-electron chi connectivity index (χ1n) is 2.69. The second-order valence-corrected chi connectivity index (χ2v) is 2.10. The molecule has 0 saturated heterocycles. The van der Waals surface area contributed by atoms with Gasteiger partial charge < -0.3 is 0 Å². The van der Waals surface area contributed by atoms with Crippen molar-refractivity contribution in [2.24, 2.45) is 0 Å². The zero-order valence-corrected chi connectivity index (χ0v) is 5.65. The van der Waals surface area contributed by atoms with E-state index in [0.29, 0.717) is 11.1 Å². The minimum absolute atomic E-state index is 0.336. The van der Waals surface area contributed by atoms with Gasteiger partial charge in [0.25, 0.3) is 5.78 Å². The molecule has 4 nitrogen and oxygen atoms in total. The van der Waals surface area contributed by atoms with Crippen molar-refractivity contribution in [1.29, 1.82) is 0 Å². The quantitative estimate of drug-likeness (QED) is 0.563. The first-order chi connectivity index (χ1) is 4.88. The second-order valence-electron chi connectivity index (χ2n) is 1.76. The van der Waals surface area contributed by atoms with E-state index in [0.717, 1.165) is 0 Å². The normalized spacial score (nSPS) is 10.5. The van der Waals surface area contributed by atoms with E-state index >= 15 is 0 Å². The molecule has 2 heterocycles. The third kappa shape index (κ3) is 0.657. The van der Waals surface area contributed by atoms with E-state index in [1.54, 1.807) is 22.9 Å². The summed E-state index contributed by atoms with van der Waals surface area (Å²) in [5.74, 6) is 0.521. The van der Waals surface area contributed by atoms with Crippen molar-refractivity contribution in [2.45, 2.75) is 0 Å². The lowest BCUT2D eigenvalue weighted by Gasteiger charge is -1.86. The predicted octanol–water partition coefficient (Wildman–Crippen LogP) is 0.778. The molecule has 0 aromatic carbocycles. The van der Waals surface area contributed by atoms with E-state index in [2.05, 4.69) is 15.2 Å². The van der Waals surface area contributed by atoms with E-state index in [4.69, 9.17) is 11.6 Å². The van der Waals surface area contributed by atoms with Crippen LogP contribution in [0.25, 0.3) is 5.78 Å². The molecule has 0 aliphatic rings. The maximum Gasteiger partial charge on any atom is 0.255 e. The van der Waals surface area contributed by atoms with Gasteiger partial charge in [-0.2, -0.15) is 0 Å². The van der Waals surface area contributed by atoms with Gasteiger partial charge in [0, 0.05) is 12.4 Å². The van der Waals surface area contributed by atoms with Crippen LogP contribution in [0.3, 0.4) is 0 Å². The van der Waals surface area contributed by atoms with Crippen molar-refractivity contribution in [3.8, 4) is 0 Å². The molecule has 0 atom stereocenters. The van der Waals surface area contributed by atoms with Crippen LogP contribution in [-0.4, -0.2) is 19.6 Å². The van der Waals surface area contributed by atoms with Gasteiger partial charge in [-0.1, -0.05) is 0 Å². The number of aromatic nitrogens is 4. The third-order valence-electron chi connectivity index (χ3n) is 1.15. The van der Waals surface area contributed by atoms with Gasteiger partial charge in [-0.05, 0) is 17.7 Å². The highest BCUT2D eigenvalue weighted by Crippen LogP contribution is 2.03. The van der Waals surface area contributed by atoms with Gasteiger partial charge in [-0.15, -0.1) is 10.2 Å². The van der Waals surface area contributed by atoms with Gasteiger partial charge in [-0.25, -0.2) is 4.98 Å². The molecule has 2 aromatic heterocycles. The largest absolute Gasteiger partial charge is 0.257 e. The smallest absolute Gasteiger partial charge is 0.255 e. The molecule has 0 saturated carbocycles. The molecule has 0 amide bonds. The zero-order valence-electron chi connectivity index (χ0n) is 4.90. The zero-order chi connectivity index (χ0) is 6.97. The van der Waals surface area contributed by atoms with Crippen molar-refractivity contribution in [1.82, 2.24) is 19.6 Å². The lowest BCUT2D eigenvalue weighted by molar-refractivity contribution is 1.10. The Morgan fingerprint density at radius 3 is 3.10 bits per heavy atom. The molecule has 0 bridgehead atoms. The SMILES string of the molecule is Clc1nnc2ncccn12. The van der Waals surface area contributed by atoms with Gasteiger partial charge in [-0.3, -0.25) is 4.40 Å². The first-order valence-corrected chi connectivity index (χ1v) is 3.07. The number of hydrogen-bond acceptors (Lipinski definition) is 3. The van der Waals surface area contributed by atoms with Crippen molar-refractivity contribution in [3.05, 3.63) is 23.7 Å². The van der Waals surface area contributed by atoms with Crippen LogP contribution >= 0.6 is 11.6 Å². The Kier molecular flexibility index (Phi) is 1.07. The number of rotatable bonds is 0. The maximum absolute atomic E-state index is 5.62. The van der Waals surface area contributed by atoms with Crippen LogP contribution in [0.4, 0.5) is 0 Å². The summed E-state index contributed by atoms with van der Waals surface area (Å²) in [5, 5.41) is 7.64. The lowest BCUT2D eigenvalue weighted by atomic mass is 10.7. The van der Waals surface area contributed by atoms with Gasteiger partial charge in [0.15, 0.2) is 0 Å². The fourth-order valence-electron chi connectivity index (χ4n) is 0.715. The molecule has 0 fully saturated rings. The van der Waals surface area contributed by atoms with Crippen LogP contribution < -0.4 is 0 Å². The average molecular weight is 155 g/mol. The Morgan fingerprint density at radius 2 is 2.30 bits per heavy atom. The molecule has 5 heteroatoms. The fourth-order valence-corrected chi connectivity index (χ4v) is 0.885. The molecule has 0 aliphatic heterocycles. The summed E-state index contributed by atoms with van der Waals surface area (Å²) >= 11 is 5.62. The highest BCUT2D eigenvalue weighted by molar-refractivity contribution is 6.28. The summed E-state index contributed by atoms with van der Waals surface area (Å²) in [7, 11) is 0. The standard InChI is InChI=1S/C5H3ClN4/c6-4-8-9-5-7-2-1-3-10(4)5/h1-3H. The van der Waals surface area contributed by atoms with Crippen LogP contribution in [0.15, 0.2) is 18.5 Å². The van der Waals surface area contributed by atoms with Crippen LogP contribution in [0.1, 0.15) is 0 Å².